The molecule has 2 N–H and O–H groups in total. The summed E-state index contributed by atoms with van der Waals surface area (Å²) in [4.78, 5) is 13.6. The maximum atomic E-state index is 13.0. The summed E-state index contributed by atoms with van der Waals surface area (Å²) in [6.07, 6.45) is 0.129. The number of likely N-dealkylation sites (N-methyl/N-ethyl adjacent to an activating group) is 1. The van der Waals surface area contributed by atoms with E-state index in [1.54, 1.807) is 18.9 Å². The average Bonchev–Trinajstić information content (AvgIpc) is 2.29. The molecule has 1 rings (SSSR count). The number of phenols is 1. The second-order valence-electron chi connectivity index (χ2n) is 4.46. The van der Waals surface area contributed by atoms with Crippen molar-refractivity contribution in [1.29, 1.82) is 0 Å². The average molecular weight is 255 g/mol. The monoisotopic (exact) mass is 255 g/mol. The van der Waals surface area contributed by atoms with Crippen LogP contribution in [0.4, 0.5) is 4.39 Å². The number of nitrogens with zero attached hydrogens (tertiary/aromatic N) is 1. The van der Waals surface area contributed by atoms with Crippen molar-refractivity contribution in [3.05, 3.63) is 29.6 Å². The number of aliphatic hydroxyl groups is 1. The Kier molecular flexibility index (Phi) is 5.25. The molecule has 0 radical (unpaired) electrons. The second kappa shape index (κ2) is 6.47. The van der Waals surface area contributed by atoms with Gasteiger partial charge in [0.25, 0.3) is 0 Å². The van der Waals surface area contributed by atoms with Gasteiger partial charge in [0.2, 0.25) is 0 Å². The maximum Gasteiger partial charge on any atom is 0.180 e. The van der Waals surface area contributed by atoms with Crippen LogP contribution in [0.25, 0.3) is 0 Å². The van der Waals surface area contributed by atoms with Crippen LogP contribution in [-0.2, 0) is 0 Å². The fourth-order valence-electron chi connectivity index (χ4n) is 1.55. The van der Waals surface area contributed by atoms with Crippen molar-refractivity contribution in [1.82, 2.24) is 4.90 Å². The quantitative estimate of drug-likeness (QED) is 0.755. The molecule has 0 saturated carbocycles. The zero-order valence-electron chi connectivity index (χ0n) is 10.6. The van der Waals surface area contributed by atoms with Crippen molar-refractivity contribution in [2.75, 3.05) is 20.1 Å². The number of hydrogen-bond donors (Lipinski definition) is 2. The van der Waals surface area contributed by atoms with Crippen molar-refractivity contribution >= 4 is 5.78 Å². The van der Waals surface area contributed by atoms with Gasteiger partial charge >= 0.3 is 0 Å². The number of ketones is 1. The summed E-state index contributed by atoms with van der Waals surface area (Å²) in [6, 6.07) is 3.29. The van der Waals surface area contributed by atoms with Crippen molar-refractivity contribution in [2.24, 2.45) is 0 Å². The van der Waals surface area contributed by atoms with E-state index < -0.39 is 11.9 Å². The molecule has 1 aromatic carbocycles. The van der Waals surface area contributed by atoms with E-state index >= 15 is 0 Å². The van der Waals surface area contributed by atoms with Gasteiger partial charge in [-0.2, -0.15) is 0 Å². The summed E-state index contributed by atoms with van der Waals surface area (Å²) in [7, 11) is 1.73. The first-order chi connectivity index (χ1) is 8.40. The van der Waals surface area contributed by atoms with Gasteiger partial charge in [-0.05, 0) is 38.6 Å². The Morgan fingerprint density at radius 3 is 2.78 bits per heavy atom. The van der Waals surface area contributed by atoms with Gasteiger partial charge in [-0.25, -0.2) is 4.39 Å². The molecule has 5 heteroatoms. The van der Waals surface area contributed by atoms with Crippen molar-refractivity contribution in [3.63, 3.8) is 0 Å². The molecule has 0 aliphatic carbocycles. The van der Waals surface area contributed by atoms with Crippen LogP contribution in [0.5, 0.6) is 5.75 Å². The summed E-state index contributed by atoms with van der Waals surface area (Å²) in [5.74, 6) is -1.12. The summed E-state index contributed by atoms with van der Waals surface area (Å²) in [5, 5.41) is 18.6. The Labute approximate surface area is 106 Å². The lowest BCUT2D eigenvalue weighted by molar-refractivity contribution is 0.0928. The number of hydrogen-bond acceptors (Lipinski definition) is 4. The number of Topliss-reactive ketones (excluding diaryl/α,β-unsaturated/α-hetero) is 1. The Hall–Kier alpha value is -1.46. The number of carbonyl (C=O) groups is 1. The lowest BCUT2D eigenvalue weighted by Gasteiger charge is -2.16. The first kappa shape index (κ1) is 14.6. The minimum absolute atomic E-state index is 0.0149. The van der Waals surface area contributed by atoms with Gasteiger partial charge < -0.3 is 10.2 Å². The van der Waals surface area contributed by atoms with Crippen LogP contribution in [0.15, 0.2) is 18.2 Å². The predicted molar refractivity (Wildman–Crippen MR) is 66.2 cm³/mol. The summed E-state index contributed by atoms with van der Waals surface area (Å²) >= 11 is 0. The number of halogens is 1. The van der Waals surface area contributed by atoms with E-state index in [0.29, 0.717) is 13.0 Å². The molecule has 0 aliphatic heterocycles. The van der Waals surface area contributed by atoms with Crippen LogP contribution in [-0.4, -0.2) is 47.1 Å². The normalized spacial score (nSPS) is 12.7. The fourth-order valence-corrected chi connectivity index (χ4v) is 1.55. The Morgan fingerprint density at radius 2 is 2.17 bits per heavy atom. The molecule has 100 valence electrons. The van der Waals surface area contributed by atoms with Crippen LogP contribution in [0, 0.1) is 5.82 Å². The molecule has 0 amide bonds. The van der Waals surface area contributed by atoms with Gasteiger partial charge in [0.05, 0.1) is 18.2 Å². The van der Waals surface area contributed by atoms with E-state index in [0.717, 1.165) is 12.1 Å². The smallest absolute Gasteiger partial charge is 0.180 e. The minimum Gasteiger partial charge on any atom is -0.507 e. The van der Waals surface area contributed by atoms with E-state index in [9.17, 15) is 14.3 Å². The molecule has 0 bridgehead atoms. The predicted octanol–water partition coefficient (Wildman–Crippen LogP) is 1.42. The summed E-state index contributed by atoms with van der Waals surface area (Å²) in [6.45, 7) is 2.30. The highest BCUT2D eigenvalue weighted by Crippen LogP contribution is 2.18. The lowest BCUT2D eigenvalue weighted by atomic mass is 10.1. The van der Waals surface area contributed by atoms with E-state index in [2.05, 4.69) is 0 Å². The summed E-state index contributed by atoms with van der Waals surface area (Å²) < 4.78 is 13.0. The third-order valence-electron chi connectivity index (χ3n) is 2.60. The Balaban J connectivity index is 2.62. The fraction of sp³-hybridized carbons (Fsp3) is 0.462. The Bertz CT molecular complexity index is 421. The van der Waals surface area contributed by atoms with Crippen LogP contribution >= 0.6 is 0 Å². The van der Waals surface area contributed by atoms with Gasteiger partial charge in [0.1, 0.15) is 11.6 Å². The standard InChI is InChI=1S/C13H18FNO3/c1-9(16)5-6-15(2)8-13(18)11-7-10(14)3-4-12(11)17/h3-4,7,9,16-17H,5-6,8H2,1-2H3. The molecule has 1 aromatic rings. The number of phenolic OH excluding ortho intramolecular Hbond substituents is 1. The maximum absolute atomic E-state index is 13.0. The van der Waals surface area contributed by atoms with Crippen LogP contribution in [0.3, 0.4) is 0 Å². The second-order valence-corrected chi connectivity index (χ2v) is 4.46. The molecule has 0 aliphatic rings. The molecular formula is C13H18FNO3. The highest BCUT2D eigenvalue weighted by molar-refractivity contribution is 5.99. The molecule has 0 fully saturated rings. The third kappa shape index (κ3) is 4.43. The first-order valence-electron chi connectivity index (χ1n) is 5.78. The highest BCUT2D eigenvalue weighted by atomic mass is 19.1. The topological polar surface area (TPSA) is 60.8 Å². The Morgan fingerprint density at radius 1 is 1.50 bits per heavy atom. The van der Waals surface area contributed by atoms with Crippen LogP contribution in [0.1, 0.15) is 23.7 Å². The zero-order chi connectivity index (χ0) is 13.7. The van der Waals surface area contributed by atoms with E-state index in [-0.39, 0.29) is 23.6 Å². The molecule has 1 unspecified atom stereocenters. The minimum atomic E-state index is -0.553. The van der Waals surface area contributed by atoms with Crippen LogP contribution < -0.4 is 0 Å². The van der Waals surface area contributed by atoms with E-state index in [1.165, 1.54) is 6.07 Å². The largest absolute Gasteiger partial charge is 0.507 e. The molecule has 0 saturated heterocycles. The molecule has 18 heavy (non-hydrogen) atoms. The molecule has 0 spiro atoms. The number of rotatable bonds is 6. The van der Waals surface area contributed by atoms with E-state index in [4.69, 9.17) is 5.11 Å². The molecular weight excluding hydrogens is 237 g/mol. The molecule has 0 heterocycles. The van der Waals surface area contributed by atoms with Crippen molar-refractivity contribution in [2.45, 2.75) is 19.4 Å². The van der Waals surface area contributed by atoms with Gasteiger partial charge in [-0.3, -0.25) is 9.69 Å². The SMILES string of the molecule is CC(O)CCN(C)CC(=O)c1cc(F)ccc1O. The van der Waals surface area contributed by atoms with Crippen molar-refractivity contribution in [3.8, 4) is 5.75 Å². The van der Waals surface area contributed by atoms with Gasteiger partial charge in [-0.15, -0.1) is 0 Å². The van der Waals surface area contributed by atoms with Gasteiger partial charge in [0, 0.05) is 6.54 Å². The van der Waals surface area contributed by atoms with Gasteiger partial charge in [0.15, 0.2) is 5.78 Å². The number of benzene rings is 1. The van der Waals surface area contributed by atoms with Crippen LogP contribution in [0.2, 0.25) is 0 Å². The molecule has 0 aromatic heterocycles. The zero-order valence-corrected chi connectivity index (χ0v) is 10.6. The van der Waals surface area contributed by atoms with Gasteiger partial charge in [-0.1, -0.05) is 0 Å². The number of aliphatic hydroxyl groups excluding tert-OH is 1. The summed E-state index contributed by atoms with van der Waals surface area (Å²) in [5.41, 5.74) is -0.0149. The lowest BCUT2D eigenvalue weighted by Crippen LogP contribution is -2.28. The number of aromatic hydroxyl groups is 1. The number of carbonyl (C=O) groups excluding carboxylic acids is 1. The third-order valence-corrected chi connectivity index (χ3v) is 2.60. The molecule has 1 atom stereocenters. The van der Waals surface area contributed by atoms with E-state index in [1.807, 2.05) is 0 Å². The molecule has 4 nitrogen and oxygen atoms in total. The first-order valence-corrected chi connectivity index (χ1v) is 5.78. The highest BCUT2D eigenvalue weighted by Gasteiger charge is 2.14. The van der Waals surface area contributed by atoms with Crippen molar-refractivity contribution < 1.29 is 19.4 Å².